The minimum absolute atomic E-state index is 0.142. The molecule has 0 rings (SSSR count). The van der Waals surface area contributed by atoms with Gasteiger partial charge >= 0.3 is 18.2 Å². The zero-order chi connectivity index (χ0) is 14.6. The third-order valence-electron chi connectivity index (χ3n) is 2.05. The summed E-state index contributed by atoms with van der Waals surface area (Å²) in [7, 11) is 0.0936. The molecular weight excluding hydrogens is 289 g/mol. The van der Waals surface area contributed by atoms with Gasteiger partial charge in [-0.25, -0.2) is 0 Å². The molecule has 0 unspecified atom stereocenters. The topological polar surface area (TPSA) is 18.5 Å². The van der Waals surface area contributed by atoms with Crippen molar-refractivity contribution in [2.24, 2.45) is 0 Å². The van der Waals surface area contributed by atoms with Crippen LogP contribution in [0.4, 0.5) is 30.7 Å². The van der Waals surface area contributed by atoms with Crippen LogP contribution in [0, 0.1) is 0 Å². The molecule has 1 radical (unpaired) electrons. The Kier molecular flexibility index (Phi) is 6.07. The van der Waals surface area contributed by atoms with Crippen molar-refractivity contribution in [2.45, 2.75) is 37.2 Å². The van der Waals surface area contributed by atoms with Crippen molar-refractivity contribution in [2.75, 3.05) is 13.7 Å². The summed E-state index contributed by atoms with van der Waals surface area (Å²) in [6.07, 6.45) is -12.5. The van der Waals surface area contributed by atoms with Gasteiger partial charge in [0.05, 0.1) is 6.61 Å². The highest BCUT2D eigenvalue weighted by Gasteiger charge is 2.74. The van der Waals surface area contributed by atoms with Crippen molar-refractivity contribution >= 4 is 9.04 Å². The van der Waals surface area contributed by atoms with Crippen molar-refractivity contribution in [3.63, 3.8) is 0 Å². The van der Waals surface area contributed by atoms with Crippen LogP contribution in [0.1, 0.15) is 6.42 Å². The van der Waals surface area contributed by atoms with Gasteiger partial charge < -0.3 is 9.16 Å². The zero-order valence-electron chi connectivity index (χ0n) is 9.58. The number of rotatable bonds is 6. The third kappa shape index (κ3) is 4.39. The molecule has 0 spiro atoms. The molecule has 0 heterocycles. The van der Waals surface area contributed by atoms with Crippen molar-refractivity contribution < 1.29 is 39.9 Å². The van der Waals surface area contributed by atoms with E-state index in [9.17, 15) is 30.7 Å². The predicted octanol–water partition coefficient (Wildman–Crippen LogP) is 3.45. The summed E-state index contributed by atoms with van der Waals surface area (Å²) in [6, 6.07) is 0.257. The molecule has 18 heavy (non-hydrogen) atoms. The maximum atomic E-state index is 12.9. The maximum absolute atomic E-state index is 12.9. The van der Waals surface area contributed by atoms with E-state index in [-0.39, 0.29) is 12.5 Å². The Balaban J connectivity index is 4.48. The Morgan fingerprint density at radius 2 is 1.39 bits per heavy atom. The lowest BCUT2D eigenvalue weighted by molar-refractivity contribution is -0.429. The van der Waals surface area contributed by atoms with Gasteiger partial charge in [-0.15, -0.1) is 0 Å². The molecular formula is C8H12F7O2Si. The summed E-state index contributed by atoms with van der Waals surface area (Å²) < 4.78 is 93.2. The van der Waals surface area contributed by atoms with E-state index in [2.05, 4.69) is 4.74 Å². The molecule has 0 amide bonds. The second kappa shape index (κ2) is 6.20. The van der Waals surface area contributed by atoms with E-state index in [1.807, 2.05) is 0 Å². The highest BCUT2D eigenvalue weighted by molar-refractivity contribution is 6.50. The predicted molar refractivity (Wildman–Crippen MR) is 50.0 cm³/mol. The molecule has 0 saturated carbocycles. The second-order valence-electron chi connectivity index (χ2n) is 3.45. The first-order valence-corrected chi connectivity index (χ1v) is 6.90. The number of hydrogen-bond acceptors (Lipinski definition) is 2. The number of alkyl halides is 7. The molecule has 2 nitrogen and oxygen atoms in total. The Hall–Kier alpha value is -0.353. The smallest absolute Gasteiger partial charge is 0.420 e. The van der Waals surface area contributed by atoms with Gasteiger partial charge in [0.1, 0.15) is 0 Å². The SMILES string of the molecule is CO[Si](C)CCCOC(F)(C(F)(F)F)C(F)(F)F. The normalized spacial score (nSPS) is 14.3. The van der Waals surface area contributed by atoms with Crippen LogP contribution in [0.2, 0.25) is 12.6 Å². The average Bonchev–Trinajstić information content (AvgIpc) is 2.20. The fourth-order valence-electron chi connectivity index (χ4n) is 0.960. The molecule has 10 heteroatoms. The van der Waals surface area contributed by atoms with Gasteiger partial charge in [0.25, 0.3) is 0 Å². The first-order chi connectivity index (χ1) is 7.95. The van der Waals surface area contributed by atoms with Gasteiger partial charge in [-0.2, -0.15) is 30.7 Å². The monoisotopic (exact) mass is 301 g/mol. The molecule has 0 fully saturated rings. The molecule has 109 valence electrons. The van der Waals surface area contributed by atoms with Gasteiger partial charge in [0, 0.05) is 7.11 Å². The number of ether oxygens (including phenoxy) is 1. The molecule has 0 aromatic rings. The number of halogens is 7. The Morgan fingerprint density at radius 3 is 1.72 bits per heavy atom. The van der Waals surface area contributed by atoms with E-state index < -0.39 is 33.9 Å². The lowest BCUT2D eigenvalue weighted by Gasteiger charge is -2.29. The van der Waals surface area contributed by atoms with Crippen LogP contribution in [-0.2, 0) is 9.16 Å². The first-order valence-electron chi connectivity index (χ1n) is 4.78. The Labute approximate surface area is 101 Å². The van der Waals surface area contributed by atoms with E-state index in [1.54, 1.807) is 6.55 Å². The molecule has 0 bridgehead atoms. The molecule has 0 aliphatic carbocycles. The van der Waals surface area contributed by atoms with Crippen LogP contribution in [0.3, 0.4) is 0 Å². The third-order valence-corrected chi connectivity index (χ3v) is 3.81. The van der Waals surface area contributed by atoms with Gasteiger partial charge in [0.15, 0.2) is 0 Å². The minimum atomic E-state index is -6.16. The maximum Gasteiger partial charge on any atom is 0.458 e. The van der Waals surface area contributed by atoms with Gasteiger partial charge in [0.2, 0.25) is 9.04 Å². The van der Waals surface area contributed by atoms with Gasteiger partial charge in [-0.1, -0.05) is 0 Å². The van der Waals surface area contributed by atoms with E-state index >= 15 is 0 Å². The molecule has 0 saturated heterocycles. The van der Waals surface area contributed by atoms with Crippen LogP contribution in [0.25, 0.3) is 0 Å². The minimum Gasteiger partial charge on any atom is -0.420 e. The van der Waals surface area contributed by atoms with Crippen LogP contribution in [0.5, 0.6) is 0 Å². The summed E-state index contributed by atoms with van der Waals surface area (Å²) in [5.74, 6) is -5.62. The van der Waals surface area contributed by atoms with Crippen LogP contribution in [-0.4, -0.2) is 41.0 Å². The van der Waals surface area contributed by atoms with E-state index in [0.717, 1.165) is 0 Å². The van der Waals surface area contributed by atoms with E-state index in [1.165, 1.54) is 7.11 Å². The van der Waals surface area contributed by atoms with Crippen LogP contribution >= 0.6 is 0 Å². The van der Waals surface area contributed by atoms with Crippen LogP contribution in [0.15, 0.2) is 0 Å². The first kappa shape index (κ1) is 17.6. The Morgan fingerprint density at radius 1 is 0.944 bits per heavy atom. The molecule has 0 aromatic heterocycles. The van der Waals surface area contributed by atoms with Gasteiger partial charge in [-0.05, 0) is 19.0 Å². The summed E-state index contributed by atoms with van der Waals surface area (Å²) in [4.78, 5) is 0. The largest absolute Gasteiger partial charge is 0.458 e. The number of hydrogen-bond donors (Lipinski definition) is 0. The molecule has 0 atom stereocenters. The lowest BCUT2D eigenvalue weighted by atomic mass is 10.3. The summed E-state index contributed by atoms with van der Waals surface area (Å²) in [5, 5.41) is 0. The highest BCUT2D eigenvalue weighted by Crippen LogP contribution is 2.46. The van der Waals surface area contributed by atoms with Crippen molar-refractivity contribution in [3.8, 4) is 0 Å². The van der Waals surface area contributed by atoms with Gasteiger partial charge in [-0.3, -0.25) is 0 Å². The van der Waals surface area contributed by atoms with Crippen molar-refractivity contribution in [1.29, 1.82) is 0 Å². The summed E-state index contributed by atoms with van der Waals surface area (Å²) in [5.41, 5.74) is 0. The fraction of sp³-hybridized carbons (Fsp3) is 1.00. The quantitative estimate of drug-likeness (QED) is 0.425. The molecule has 0 aliphatic rings. The molecule has 0 aromatic carbocycles. The zero-order valence-corrected chi connectivity index (χ0v) is 10.6. The van der Waals surface area contributed by atoms with Crippen molar-refractivity contribution in [3.05, 3.63) is 0 Å². The van der Waals surface area contributed by atoms with Crippen LogP contribution < -0.4 is 0 Å². The summed E-state index contributed by atoms with van der Waals surface area (Å²) in [6.45, 7) is 0.682. The highest BCUT2D eigenvalue weighted by atomic mass is 28.3. The lowest BCUT2D eigenvalue weighted by Crippen LogP contribution is -2.55. The van der Waals surface area contributed by atoms with Crippen molar-refractivity contribution in [1.82, 2.24) is 0 Å². The fourth-order valence-corrected chi connectivity index (χ4v) is 1.81. The average molecular weight is 301 g/mol. The van der Waals surface area contributed by atoms with E-state index in [4.69, 9.17) is 4.43 Å². The summed E-state index contributed by atoms with van der Waals surface area (Å²) >= 11 is 0. The second-order valence-corrected chi connectivity index (χ2v) is 5.76. The Bertz CT molecular complexity index is 239. The molecule has 0 aliphatic heterocycles. The molecule has 0 N–H and O–H groups in total. The van der Waals surface area contributed by atoms with E-state index in [0.29, 0.717) is 0 Å². The standard InChI is InChI=1S/C8H12F7O2Si/c1-16-18(2)5-3-4-17-6(9,7(10,11)12)8(13,14)15/h3-5H2,1-2H3.